The van der Waals surface area contributed by atoms with Crippen LogP contribution in [0.2, 0.25) is 0 Å². The van der Waals surface area contributed by atoms with Crippen molar-refractivity contribution in [2.24, 2.45) is 10.7 Å². The zero-order chi connectivity index (χ0) is 12.1. The molecule has 0 amide bonds. The Bertz CT molecular complexity index is 534. The van der Waals surface area contributed by atoms with Crippen LogP contribution in [-0.4, -0.2) is 26.1 Å². The molecule has 17 heavy (non-hydrogen) atoms. The Morgan fingerprint density at radius 1 is 1.18 bits per heavy atom. The predicted octanol–water partition coefficient (Wildman–Crippen LogP) is 2.19. The van der Waals surface area contributed by atoms with Crippen LogP contribution >= 0.6 is 0 Å². The molecule has 0 heterocycles. The van der Waals surface area contributed by atoms with Gasteiger partial charge in [-0.2, -0.15) is 0 Å². The Morgan fingerprint density at radius 2 is 1.94 bits per heavy atom. The SMILES string of the molecule is COCCN=C(N)c1ccc2ccccc2c1. The molecular formula is C14H16N2O. The lowest BCUT2D eigenvalue weighted by molar-refractivity contribution is 0.208. The van der Waals surface area contributed by atoms with Gasteiger partial charge in [0.25, 0.3) is 0 Å². The molecule has 0 radical (unpaired) electrons. The van der Waals surface area contributed by atoms with Gasteiger partial charge in [-0.3, -0.25) is 4.99 Å². The Labute approximate surface area is 101 Å². The van der Waals surface area contributed by atoms with Gasteiger partial charge in [0.05, 0.1) is 13.2 Å². The quantitative estimate of drug-likeness (QED) is 0.495. The highest BCUT2D eigenvalue weighted by atomic mass is 16.5. The Hall–Kier alpha value is -1.87. The first-order chi connectivity index (χ1) is 8.31. The zero-order valence-corrected chi connectivity index (χ0v) is 9.89. The summed E-state index contributed by atoms with van der Waals surface area (Å²) in [5.74, 6) is 0.563. The number of methoxy groups -OCH3 is 1. The summed E-state index contributed by atoms with van der Waals surface area (Å²) >= 11 is 0. The summed E-state index contributed by atoms with van der Waals surface area (Å²) in [4.78, 5) is 4.26. The van der Waals surface area contributed by atoms with E-state index in [4.69, 9.17) is 10.5 Å². The Kier molecular flexibility index (Phi) is 3.73. The van der Waals surface area contributed by atoms with Crippen molar-refractivity contribution in [1.29, 1.82) is 0 Å². The lowest BCUT2D eigenvalue weighted by Gasteiger charge is -2.03. The van der Waals surface area contributed by atoms with Crippen LogP contribution in [0.3, 0.4) is 0 Å². The summed E-state index contributed by atoms with van der Waals surface area (Å²) in [7, 11) is 1.65. The van der Waals surface area contributed by atoms with Crippen LogP contribution in [0, 0.1) is 0 Å². The predicted molar refractivity (Wildman–Crippen MR) is 71.4 cm³/mol. The minimum atomic E-state index is 0.563. The molecule has 88 valence electrons. The number of amidine groups is 1. The second-order valence-corrected chi connectivity index (χ2v) is 3.82. The Morgan fingerprint density at radius 3 is 2.71 bits per heavy atom. The third kappa shape index (κ3) is 2.82. The van der Waals surface area contributed by atoms with Crippen molar-refractivity contribution in [3.63, 3.8) is 0 Å². The maximum absolute atomic E-state index is 5.92. The van der Waals surface area contributed by atoms with Crippen molar-refractivity contribution < 1.29 is 4.74 Å². The number of hydrogen-bond acceptors (Lipinski definition) is 2. The molecule has 3 heteroatoms. The molecule has 0 aliphatic heterocycles. The van der Waals surface area contributed by atoms with E-state index in [1.54, 1.807) is 7.11 Å². The lowest BCUT2D eigenvalue weighted by Crippen LogP contribution is -2.14. The van der Waals surface area contributed by atoms with Crippen molar-refractivity contribution in [2.45, 2.75) is 0 Å². The fraction of sp³-hybridized carbons (Fsp3) is 0.214. The van der Waals surface area contributed by atoms with Gasteiger partial charge in [0.15, 0.2) is 0 Å². The summed E-state index contributed by atoms with van der Waals surface area (Å²) in [5, 5.41) is 2.39. The molecular weight excluding hydrogens is 212 g/mol. The van der Waals surface area contributed by atoms with Gasteiger partial charge in [-0.25, -0.2) is 0 Å². The largest absolute Gasteiger partial charge is 0.384 e. The summed E-state index contributed by atoms with van der Waals surface area (Å²) in [6.07, 6.45) is 0. The number of benzene rings is 2. The zero-order valence-electron chi connectivity index (χ0n) is 9.89. The minimum Gasteiger partial charge on any atom is -0.384 e. The molecule has 0 aromatic heterocycles. The van der Waals surface area contributed by atoms with Crippen LogP contribution in [0.1, 0.15) is 5.56 Å². The number of hydrogen-bond donors (Lipinski definition) is 1. The average molecular weight is 228 g/mol. The van der Waals surface area contributed by atoms with E-state index in [-0.39, 0.29) is 0 Å². The second-order valence-electron chi connectivity index (χ2n) is 3.82. The smallest absolute Gasteiger partial charge is 0.125 e. The van der Waals surface area contributed by atoms with Crippen LogP contribution in [0.15, 0.2) is 47.5 Å². The van der Waals surface area contributed by atoms with E-state index in [1.807, 2.05) is 18.2 Å². The number of nitrogens with two attached hydrogens (primary N) is 1. The lowest BCUT2D eigenvalue weighted by atomic mass is 10.1. The van der Waals surface area contributed by atoms with Crippen LogP contribution in [0.5, 0.6) is 0 Å². The molecule has 0 saturated carbocycles. The van der Waals surface area contributed by atoms with Crippen molar-refractivity contribution in [3.8, 4) is 0 Å². The van der Waals surface area contributed by atoms with Gasteiger partial charge >= 0.3 is 0 Å². The minimum absolute atomic E-state index is 0.563. The van der Waals surface area contributed by atoms with Gasteiger partial charge in [-0.15, -0.1) is 0 Å². The van der Waals surface area contributed by atoms with Crippen molar-refractivity contribution in [1.82, 2.24) is 0 Å². The highest BCUT2D eigenvalue weighted by molar-refractivity contribution is 6.01. The summed E-state index contributed by atoms with van der Waals surface area (Å²) in [6, 6.07) is 14.3. The summed E-state index contributed by atoms with van der Waals surface area (Å²) in [5.41, 5.74) is 6.88. The highest BCUT2D eigenvalue weighted by Crippen LogP contribution is 2.15. The second kappa shape index (κ2) is 5.46. The highest BCUT2D eigenvalue weighted by Gasteiger charge is 1.99. The van der Waals surface area contributed by atoms with Crippen LogP contribution in [0.25, 0.3) is 10.8 Å². The van der Waals surface area contributed by atoms with Crippen LogP contribution in [0.4, 0.5) is 0 Å². The number of rotatable bonds is 4. The van der Waals surface area contributed by atoms with Gasteiger partial charge < -0.3 is 10.5 Å². The molecule has 0 atom stereocenters. The number of fused-ring (bicyclic) bond motifs is 1. The van der Waals surface area contributed by atoms with Gasteiger partial charge in [0, 0.05) is 12.7 Å². The standard InChI is InChI=1S/C14H16N2O/c1-17-9-8-16-14(15)13-7-6-11-4-2-3-5-12(11)10-13/h2-7,10H,8-9H2,1H3,(H2,15,16). The Balaban J connectivity index is 2.26. The molecule has 2 aromatic rings. The molecule has 0 aliphatic rings. The van der Waals surface area contributed by atoms with E-state index in [0.29, 0.717) is 19.0 Å². The summed E-state index contributed by atoms with van der Waals surface area (Å²) < 4.78 is 4.94. The molecule has 0 bridgehead atoms. The molecule has 2 N–H and O–H groups in total. The molecule has 0 fully saturated rings. The third-order valence-corrected chi connectivity index (χ3v) is 2.62. The van der Waals surface area contributed by atoms with E-state index in [9.17, 15) is 0 Å². The van der Waals surface area contributed by atoms with Gasteiger partial charge in [0.1, 0.15) is 5.84 Å². The van der Waals surface area contributed by atoms with Crippen LogP contribution in [-0.2, 0) is 4.74 Å². The molecule has 2 aromatic carbocycles. The van der Waals surface area contributed by atoms with Crippen molar-refractivity contribution in [2.75, 3.05) is 20.3 Å². The molecule has 0 saturated heterocycles. The molecule has 0 unspecified atom stereocenters. The van der Waals surface area contributed by atoms with Gasteiger partial charge in [0.2, 0.25) is 0 Å². The molecule has 0 aliphatic carbocycles. The van der Waals surface area contributed by atoms with E-state index >= 15 is 0 Å². The molecule has 0 spiro atoms. The number of aliphatic imine (C=N–C) groups is 1. The fourth-order valence-corrected chi connectivity index (χ4v) is 1.70. The topological polar surface area (TPSA) is 47.6 Å². The van der Waals surface area contributed by atoms with Crippen LogP contribution < -0.4 is 5.73 Å². The van der Waals surface area contributed by atoms with Crippen molar-refractivity contribution >= 4 is 16.6 Å². The first kappa shape index (κ1) is 11.6. The summed E-state index contributed by atoms with van der Waals surface area (Å²) in [6.45, 7) is 1.18. The third-order valence-electron chi connectivity index (χ3n) is 2.62. The number of nitrogens with zero attached hydrogens (tertiary/aromatic N) is 1. The maximum Gasteiger partial charge on any atom is 0.125 e. The average Bonchev–Trinajstić information content (AvgIpc) is 2.38. The number of ether oxygens (including phenoxy) is 1. The van der Waals surface area contributed by atoms with Crippen molar-refractivity contribution in [3.05, 3.63) is 48.0 Å². The van der Waals surface area contributed by atoms with E-state index in [2.05, 4.69) is 29.3 Å². The van der Waals surface area contributed by atoms with E-state index in [1.165, 1.54) is 10.8 Å². The first-order valence-electron chi connectivity index (χ1n) is 5.59. The normalized spacial score (nSPS) is 11.9. The van der Waals surface area contributed by atoms with Gasteiger partial charge in [-0.1, -0.05) is 36.4 Å². The van der Waals surface area contributed by atoms with E-state index in [0.717, 1.165) is 5.56 Å². The van der Waals surface area contributed by atoms with E-state index < -0.39 is 0 Å². The maximum atomic E-state index is 5.92. The molecule has 3 nitrogen and oxygen atoms in total. The first-order valence-corrected chi connectivity index (χ1v) is 5.59. The molecule has 2 rings (SSSR count). The fourth-order valence-electron chi connectivity index (χ4n) is 1.70. The van der Waals surface area contributed by atoms with Gasteiger partial charge in [-0.05, 0) is 16.8 Å². The monoisotopic (exact) mass is 228 g/mol.